The van der Waals surface area contributed by atoms with Gasteiger partial charge >= 0.3 is 6.03 Å². The van der Waals surface area contributed by atoms with Gasteiger partial charge in [0.1, 0.15) is 12.4 Å². The van der Waals surface area contributed by atoms with E-state index in [0.717, 1.165) is 36.0 Å². The number of aliphatic hydroxyl groups is 1. The Morgan fingerprint density at radius 1 is 1.42 bits per heavy atom. The number of hydrogen-bond donors (Lipinski definition) is 2. The van der Waals surface area contributed by atoms with E-state index in [1.54, 1.807) is 18.0 Å². The van der Waals surface area contributed by atoms with Crippen molar-refractivity contribution in [3.8, 4) is 0 Å². The van der Waals surface area contributed by atoms with Crippen LogP contribution in [0, 0.1) is 0 Å². The first-order valence-electron chi connectivity index (χ1n) is 8.74. The molecule has 9 heteroatoms. The molecule has 0 spiro atoms. The van der Waals surface area contributed by atoms with Gasteiger partial charge in [-0.2, -0.15) is 0 Å². The first-order chi connectivity index (χ1) is 12.7. The van der Waals surface area contributed by atoms with E-state index >= 15 is 0 Å². The van der Waals surface area contributed by atoms with Crippen molar-refractivity contribution in [3.63, 3.8) is 0 Å². The van der Waals surface area contributed by atoms with Gasteiger partial charge in [0.15, 0.2) is 5.82 Å². The van der Waals surface area contributed by atoms with Gasteiger partial charge in [-0.15, -0.1) is 22.0 Å². The number of pyridine rings is 1. The van der Waals surface area contributed by atoms with E-state index in [9.17, 15) is 9.90 Å². The van der Waals surface area contributed by atoms with Gasteiger partial charge in [-0.3, -0.25) is 0 Å². The first-order valence-corrected chi connectivity index (χ1v) is 9.73. The van der Waals surface area contributed by atoms with Crippen LogP contribution in [0.25, 0.3) is 0 Å². The number of amides is 2. The van der Waals surface area contributed by atoms with E-state index in [2.05, 4.69) is 20.5 Å². The molecule has 2 amide bonds. The Balaban J connectivity index is 1.47. The average Bonchev–Trinajstić information content (AvgIpc) is 3.06. The summed E-state index contributed by atoms with van der Waals surface area (Å²) >= 11 is 1.62. The highest BCUT2D eigenvalue weighted by atomic mass is 32.2. The normalized spacial score (nSPS) is 17.3. The van der Waals surface area contributed by atoms with Crippen LogP contribution in [0.5, 0.6) is 0 Å². The molecule has 0 saturated carbocycles. The van der Waals surface area contributed by atoms with E-state index in [1.807, 2.05) is 34.7 Å². The molecule has 0 aliphatic carbocycles. The highest BCUT2D eigenvalue weighted by molar-refractivity contribution is 7.99. The van der Waals surface area contributed by atoms with Crippen LogP contribution in [0.15, 0.2) is 29.4 Å². The standard InChI is InChI=1S/C17H24N6O2S/c1-22-14(12-24)20-21-16(22)13-5-4-9-23(11-13)17(25)19-8-10-26-15-6-2-3-7-18-15/h2-3,6-7,13,24H,4-5,8-12H2,1H3,(H,19,25)/t13-/m0/s1. The van der Waals surface area contributed by atoms with Crippen molar-refractivity contribution in [2.24, 2.45) is 7.05 Å². The lowest BCUT2D eigenvalue weighted by Gasteiger charge is -2.32. The number of piperidine rings is 1. The highest BCUT2D eigenvalue weighted by Gasteiger charge is 2.28. The smallest absolute Gasteiger partial charge is 0.317 e. The van der Waals surface area contributed by atoms with Crippen molar-refractivity contribution in [2.75, 3.05) is 25.4 Å². The van der Waals surface area contributed by atoms with Gasteiger partial charge in [0, 0.05) is 44.5 Å². The van der Waals surface area contributed by atoms with E-state index in [-0.39, 0.29) is 18.6 Å². The van der Waals surface area contributed by atoms with Gasteiger partial charge in [0.2, 0.25) is 0 Å². The van der Waals surface area contributed by atoms with E-state index in [1.165, 1.54) is 0 Å². The molecule has 2 aromatic rings. The predicted octanol–water partition coefficient (Wildman–Crippen LogP) is 1.38. The molecule has 140 valence electrons. The zero-order chi connectivity index (χ0) is 18.4. The third kappa shape index (κ3) is 4.53. The maximum atomic E-state index is 12.4. The van der Waals surface area contributed by atoms with Crippen molar-refractivity contribution in [1.82, 2.24) is 30.0 Å². The third-order valence-electron chi connectivity index (χ3n) is 4.48. The molecule has 0 aromatic carbocycles. The lowest BCUT2D eigenvalue weighted by Crippen LogP contribution is -2.45. The molecule has 1 atom stereocenters. The summed E-state index contributed by atoms with van der Waals surface area (Å²) in [5.74, 6) is 2.31. The number of likely N-dealkylation sites (tertiary alicyclic amines) is 1. The van der Waals surface area contributed by atoms with E-state index in [0.29, 0.717) is 18.9 Å². The second-order valence-corrected chi connectivity index (χ2v) is 7.34. The quantitative estimate of drug-likeness (QED) is 0.584. The number of carbonyl (C=O) groups excluding carboxylic acids is 1. The van der Waals surface area contributed by atoms with Crippen LogP contribution in [0.1, 0.15) is 30.4 Å². The molecule has 2 aromatic heterocycles. The van der Waals surface area contributed by atoms with Crippen molar-refractivity contribution < 1.29 is 9.90 Å². The predicted molar refractivity (Wildman–Crippen MR) is 98.8 cm³/mol. The Hall–Kier alpha value is -2.13. The molecule has 0 unspecified atom stereocenters. The van der Waals surface area contributed by atoms with Gasteiger partial charge in [0.25, 0.3) is 0 Å². The topological polar surface area (TPSA) is 96.2 Å². The Labute approximate surface area is 157 Å². The fourth-order valence-electron chi connectivity index (χ4n) is 3.10. The minimum atomic E-state index is -0.131. The van der Waals surface area contributed by atoms with Crippen LogP contribution in [0.2, 0.25) is 0 Å². The van der Waals surface area contributed by atoms with Crippen LogP contribution >= 0.6 is 11.8 Å². The molecular formula is C17H24N6O2S. The molecule has 8 nitrogen and oxygen atoms in total. The van der Waals surface area contributed by atoms with Gasteiger partial charge in [-0.25, -0.2) is 9.78 Å². The molecule has 3 rings (SSSR count). The Bertz CT molecular complexity index is 723. The SMILES string of the molecule is Cn1c(CO)nnc1[C@H]1CCCN(C(=O)NCCSc2ccccn2)C1. The third-order valence-corrected chi connectivity index (χ3v) is 5.43. The molecule has 3 heterocycles. The Kier molecular flexibility index (Phi) is 6.45. The monoisotopic (exact) mass is 376 g/mol. The molecule has 26 heavy (non-hydrogen) atoms. The molecule has 1 aliphatic rings. The largest absolute Gasteiger partial charge is 0.388 e. The summed E-state index contributed by atoms with van der Waals surface area (Å²) in [6.45, 7) is 1.84. The number of nitrogens with one attached hydrogen (secondary N) is 1. The minimum Gasteiger partial charge on any atom is -0.388 e. The lowest BCUT2D eigenvalue weighted by atomic mass is 9.97. The van der Waals surface area contributed by atoms with Gasteiger partial charge in [-0.1, -0.05) is 6.07 Å². The van der Waals surface area contributed by atoms with E-state index < -0.39 is 0 Å². The fourth-order valence-corrected chi connectivity index (χ4v) is 3.82. The number of aliphatic hydroxyl groups excluding tert-OH is 1. The number of urea groups is 1. The number of rotatable bonds is 6. The summed E-state index contributed by atoms with van der Waals surface area (Å²) in [5, 5.41) is 21.4. The van der Waals surface area contributed by atoms with Crippen molar-refractivity contribution in [2.45, 2.75) is 30.4 Å². The summed E-state index contributed by atoms with van der Waals surface area (Å²) in [4.78, 5) is 18.5. The molecule has 2 N–H and O–H groups in total. The number of hydrogen-bond acceptors (Lipinski definition) is 6. The number of carbonyl (C=O) groups is 1. The van der Waals surface area contributed by atoms with Crippen LogP contribution < -0.4 is 5.32 Å². The Morgan fingerprint density at radius 2 is 2.31 bits per heavy atom. The number of aromatic nitrogens is 4. The first kappa shape index (κ1) is 18.7. The summed E-state index contributed by atoms with van der Waals surface area (Å²) < 4.78 is 1.83. The zero-order valence-electron chi connectivity index (χ0n) is 14.8. The summed E-state index contributed by atoms with van der Waals surface area (Å²) in [5.41, 5.74) is 0. The Morgan fingerprint density at radius 3 is 3.04 bits per heavy atom. The van der Waals surface area contributed by atoms with Gasteiger partial charge in [-0.05, 0) is 25.0 Å². The van der Waals surface area contributed by atoms with Gasteiger partial charge in [0.05, 0.1) is 5.03 Å². The van der Waals surface area contributed by atoms with Crippen molar-refractivity contribution in [3.05, 3.63) is 36.0 Å². The van der Waals surface area contributed by atoms with Crippen LogP contribution in [0.4, 0.5) is 4.79 Å². The number of nitrogens with zero attached hydrogens (tertiary/aromatic N) is 5. The number of thioether (sulfide) groups is 1. The van der Waals surface area contributed by atoms with Crippen LogP contribution in [0.3, 0.4) is 0 Å². The van der Waals surface area contributed by atoms with Crippen molar-refractivity contribution in [1.29, 1.82) is 0 Å². The second kappa shape index (κ2) is 9.00. The lowest BCUT2D eigenvalue weighted by molar-refractivity contribution is 0.178. The summed E-state index contributed by atoms with van der Waals surface area (Å²) in [6, 6.07) is 5.76. The molecular weight excluding hydrogens is 352 g/mol. The fraction of sp³-hybridized carbons (Fsp3) is 0.529. The zero-order valence-corrected chi connectivity index (χ0v) is 15.7. The van der Waals surface area contributed by atoms with E-state index in [4.69, 9.17) is 0 Å². The molecule has 1 aliphatic heterocycles. The summed E-state index contributed by atoms with van der Waals surface area (Å²) in [6.07, 6.45) is 3.67. The van der Waals surface area contributed by atoms with Crippen molar-refractivity contribution >= 4 is 17.8 Å². The molecule has 1 fully saturated rings. The molecule has 0 bridgehead atoms. The molecule has 1 saturated heterocycles. The maximum Gasteiger partial charge on any atom is 0.317 e. The second-order valence-electron chi connectivity index (χ2n) is 6.23. The maximum absolute atomic E-state index is 12.4. The minimum absolute atomic E-state index is 0.0409. The molecule has 0 radical (unpaired) electrons. The van der Waals surface area contributed by atoms with Crippen LogP contribution in [-0.4, -0.2) is 61.2 Å². The average molecular weight is 376 g/mol. The van der Waals surface area contributed by atoms with Gasteiger partial charge < -0.3 is 19.9 Å². The summed E-state index contributed by atoms with van der Waals surface area (Å²) in [7, 11) is 1.86. The highest BCUT2D eigenvalue weighted by Crippen LogP contribution is 2.25. The van der Waals surface area contributed by atoms with Crippen LogP contribution in [-0.2, 0) is 13.7 Å².